The molecule has 3 nitrogen and oxygen atoms in total. The topological polar surface area (TPSA) is 24.5 Å². The minimum absolute atomic E-state index is 0.492. The van der Waals surface area contributed by atoms with E-state index < -0.39 is 0 Å². The van der Waals surface area contributed by atoms with E-state index in [2.05, 4.69) is 31.0 Å². The minimum atomic E-state index is 0.492. The van der Waals surface area contributed by atoms with Crippen molar-refractivity contribution in [3.63, 3.8) is 0 Å². The van der Waals surface area contributed by atoms with Gasteiger partial charge in [-0.3, -0.25) is 4.90 Å². The lowest BCUT2D eigenvalue weighted by atomic mass is 10.1. The first-order chi connectivity index (χ1) is 7.67. The smallest absolute Gasteiger partial charge is 0.0595 e. The third-order valence-electron chi connectivity index (χ3n) is 3.81. The van der Waals surface area contributed by atoms with Gasteiger partial charge in [-0.2, -0.15) is 0 Å². The molecule has 1 aliphatic rings. The molecule has 1 saturated heterocycles. The number of ether oxygens (including phenoxy) is 1. The van der Waals surface area contributed by atoms with E-state index >= 15 is 0 Å². The van der Waals surface area contributed by atoms with E-state index in [4.69, 9.17) is 4.74 Å². The van der Waals surface area contributed by atoms with Gasteiger partial charge >= 0.3 is 0 Å². The third kappa shape index (κ3) is 4.40. The fourth-order valence-corrected chi connectivity index (χ4v) is 2.20. The van der Waals surface area contributed by atoms with Crippen molar-refractivity contribution < 1.29 is 4.74 Å². The molecule has 1 aliphatic heterocycles. The molecule has 0 aromatic carbocycles. The quantitative estimate of drug-likeness (QED) is 0.751. The van der Waals surface area contributed by atoms with Gasteiger partial charge in [0.05, 0.1) is 6.10 Å². The molecule has 3 heteroatoms. The van der Waals surface area contributed by atoms with E-state index in [9.17, 15) is 0 Å². The van der Waals surface area contributed by atoms with Gasteiger partial charge in [0.2, 0.25) is 0 Å². The fourth-order valence-electron chi connectivity index (χ4n) is 2.20. The van der Waals surface area contributed by atoms with E-state index in [1.807, 2.05) is 7.11 Å². The average Bonchev–Trinajstić information content (AvgIpc) is 2.35. The third-order valence-corrected chi connectivity index (χ3v) is 3.81. The summed E-state index contributed by atoms with van der Waals surface area (Å²) in [7, 11) is 1.83. The van der Waals surface area contributed by atoms with Crippen molar-refractivity contribution in [2.75, 3.05) is 26.7 Å². The maximum absolute atomic E-state index is 5.39. The molecule has 0 radical (unpaired) electrons. The maximum atomic E-state index is 5.39. The molecule has 2 atom stereocenters. The summed E-state index contributed by atoms with van der Waals surface area (Å²) in [5.74, 6) is 0. The molecule has 1 fully saturated rings. The van der Waals surface area contributed by atoms with Gasteiger partial charge in [0, 0.05) is 38.8 Å². The van der Waals surface area contributed by atoms with E-state index in [0.29, 0.717) is 18.2 Å². The SMILES string of the molecule is CCC(C)NCC(C)N1CCC(OC)CC1. The molecule has 0 bridgehead atoms. The van der Waals surface area contributed by atoms with Crippen LogP contribution in [0.3, 0.4) is 0 Å². The Morgan fingerprint density at radius 2 is 1.94 bits per heavy atom. The summed E-state index contributed by atoms with van der Waals surface area (Å²) < 4.78 is 5.39. The molecule has 0 aromatic rings. The molecule has 0 aliphatic carbocycles. The predicted octanol–water partition coefficient (Wildman–Crippen LogP) is 1.87. The zero-order valence-corrected chi connectivity index (χ0v) is 11.3. The second-order valence-corrected chi connectivity index (χ2v) is 5.04. The van der Waals surface area contributed by atoms with Crippen LogP contribution < -0.4 is 5.32 Å². The van der Waals surface area contributed by atoms with Crippen LogP contribution in [0, 0.1) is 0 Å². The number of nitrogens with zero attached hydrogens (tertiary/aromatic N) is 1. The van der Waals surface area contributed by atoms with Crippen LogP contribution in [0.2, 0.25) is 0 Å². The van der Waals surface area contributed by atoms with Crippen LogP contribution in [-0.4, -0.2) is 49.8 Å². The second-order valence-electron chi connectivity index (χ2n) is 5.04. The van der Waals surface area contributed by atoms with Gasteiger partial charge in [0.25, 0.3) is 0 Å². The lowest BCUT2D eigenvalue weighted by Gasteiger charge is -2.36. The zero-order chi connectivity index (χ0) is 12.0. The van der Waals surface area contributed by atoms with Crippen LogP contribution in [0.15, 0.2) is 0 Å². The zero-order valence-electron chi connectivity index (χ0n) is 11.3. The van der Waals surface area contributed by atoms with Crippen molar-refractivity contribution in [3.8, 4) is 0 Å². The normalized spacial score (nSPS) is 23.2. The molecular formula is C13H28N2O. The Morgan fingerprint density at radius 1 is 1.31 bits per heavy atom. The molecule has 2 unspecified atom stereocenters. The largest absolute Gasteiger partial charge is 0.381 e. The van der Waals surface area contributed by atoms with Gasteiger partial charge in [-0.25, -0.2) is 0 Å². The Kier molecular flexibility index (Phi) is 6.32. The number of nitrogens with one attached hydrogen (secondary N) is 1. The molecule has 0 aromatic heterocycles. The molecule has 1 heterocycles. The van der Waals surface area contributed by atoms with Gasteiger partial charge in [-0.15, -0.1) is 0 Å². The molecule has 0 saturated carbocycles. The molecule has 96 valence electrons. The Balaban J connectivity index is 2.20. The van der Waals surface area contributed by atoms with Crippen molar-refractivity contribution in [2.24, 2.45) is 0 Å². The molecule has 1 N–H and O–H groups in total. The Labute approximate surface area is 101 Å². The van der Waals surface area contributed by atoms with Gasteiger partial charge in [-0.1, -0.05) is 6.92 Å². The monoisotopic (exact) mass is 228 g/mol. The molecule has 0 spiro atoms. The predicted molar refractivity (Wildman–Crippen MR) is 68.8 cm³/mol. The first-order valence-corrected chi connectivity index (χ1v) is 6.67. The maximum Gasteiger partial charge on any atom is 0.0595 e. The van der Waals surface area contributed by atoms with Gasteiger partial charge < -0.3 is 10.1 Å². The number of methoxy groups -OCH3 is 1. The lowest BCUT2D eigenvalue weighted by molar-refractivity contribution is 0.0295. The van der Waals surface area contributed by atoms with Crippen LogP contribution in [-0.2, 0) is 4.74 Å². The first-order valence-electron chi connectivity index (χ1n) is 6.67. The van der Waals surface area contributed by atoms with Crippen molar-refractivity contribution in [1.82, 2.24) is 10.2 Å². The highest BCUT2D eigenvalue weighted by atomic mass is 16.5. The average molecular weight is 228 g/mol. The number of piperidine rings is 1. The number of rotatable bonds is 6. The Bertz CT molecular complexity index is 179. The summed E-state index contributed by atoms with van der Waals surface area (Å²) in [6.45, 7) is 10.3. The van der Waals surface area contributed by atoms with E-state index in [1.54, 1.807) is 0 Å². The summed E-state index contributed by atoms with van der Waals surface area (Å²) in [6, 6.07) is 1.28. The standard InChI is InChI=1S/C13H28N2O/c1-5-11(2)14-10-12(3)15-8-6-13(16-4)7-9-15/h11-14H,5-10H2,1-4H3. The van der Waals surface area contributed by atoms with Crippen molar-refractivity contribution in [1.29, 1.82) is 0 Å². The van der Waals surface area contributed by atoms with Crippen molar-refractivity contribution in [2.45, 2.75) is 58.2 Å². The molecular weight excluding hydrogens is 200 g/mol. The number of likely N-dealkylation sites (tertiary alicyclic amines) is 1. The van der Waals surface area contributed by atoms with E-state index in [-0.39, 0.29) is 0 Å². The summed E-state index contributed by atoms with van der Waals surface area (Å²) in [6.07, 6.45) is 4.07. The van der Waals surface area contributed by atoms with Crippen LogP contribution in [0.25, 0.3) is 0 Å². The first kappa shape index (κ1) is 13.9. The molecule has 0 amide bonds. The Hall–Kier alpha value is -0.120. The van der Waals surface area contributed by atoms with Crippen molar-refractivity contribution in [3.05, 3.63) is 0 Å². The Morgan fingerprint density at radius 3 is 2.44 bits per heavy atom. The lowest BCUT2D eigenvalue weighted by Crippen LogP contribution is -2.47. The van der Waals surface area contributed by atoms with Gasteiger partial charge in [-0.05, 0) is 33.1 Å². The molecule has 16 heavy (non-hydrogen) atoms. The molecule has 1 rings (SSSR count). The highest BCUT2D eigenvalue weighted by Crippen LogP contribution is 2.14. The van der Waals surface area contributed by atoms with Crippen LogP contribution in [0.4, 0.5) is 0 Å². The van der Waals surface area contributed by atoms with Gasteiger partial charge in [0.15, 0.2) is 0 Å². The minimum Gasteiger partial charge on any atom is -0.381 e. The van der Waals surface area contributed by atoms with Crippen LogP contribution in [0.5, 0.6) is 0 Å². The number of hydrogen-bond donors (Lipinski definition) is 1. The van der Waals surface area contributed by atoms with Gasteiger partial charge in [0.1, 0.15) is 0 Å². The highest BCUT2D eigenvalue weighted by molar-refractivity contribution is 4.78. The van der Waals surface area contributed by atoms with E-state index in [0.717, 1.165) is 6.54 Å². The second kappa shape index (κ2) is 7.25. The summed E-state index contributed by atoms with van der Waals surface area (Å²) in [5.41, 5.74) is 0. The number of hydrogen-bond acceptors (Lipinski definition) is 3. The fraction of sp³-hybridized carbons (Fsp3) is 1.00. The summed E-state index contributed by atoms with van der Waals surface area (Å²) in [4.78, 5) is 2.57. The van der Waals surface area contributed by atoms with Crippen LogP contribution in [0.1, 0.15) is 40.0 Å². The van der Waals surface area contributed by atoms with Crippen LogP contribution >= 0.6 is 0 Å². The summed E-state index contributed by atoms with van der Waals surface area (Å²) >= 11 is 0. The van der Waals surface area contributed by atoms with E-state index in [1.165, 1.54) is 32.4 Å². The van der Waals surface area contributed by atoms with Crippen molar-refractivity contribution >= 4 is 0 Å². The summed E-state index contributed by atoms with van der Waals surface area (Å²) in [5, 5.41) is 3.58. The highest BCUT2D eigenvalue weighted by Gasteiger charge is 2.22.